The Balaban J connectivity index is 1.35. The number of hydrogen-bond acceptors (Lipinski definition) is 4. The second-order valence-corrected chi connectivity index (χ2v) is 9.45. The topological polar surface area (TPSA) is 41.6 Å². The summed E-state index contributed by atoms with van der Waals surface area (Å²) in [6.07, 6.45) is 11.5. The van der Waals surface area contributed by atoms with Crippen molar-refractivity contribution in [2.75, 3.05) is 32.7 Å². The minimum atomic E-state index is 0.00697. The number of piperidine rings is 1. The molecule has 1 N–H and O–H groups in total. The van der Waals surface area contributed by atoms with Gasteiger partial charge < -0.3 is 15.0 Å². The van der Waals surface area contributed by atoms with E-state index in [4.69, 9.17) is 4.74 Å². The molecule has 2 aliphatic heterocycles. The molecule has 0 bridgehead atoms. The zero-order valence-electron chi connectivity index (χ0n) is 16.6. The lowest BCUT2D eigenvalue weighted by Crippen LogP contribution is -2.41. The maximum atomic E-state index is 12.5. The number of allylic oxidation sites excluding steroid dienone is 1. The first-order valence-corrected chi connectivity index (χ1v) is 10.9. The molecule has 4 aliphatic rings. The molecule has 2 heterocycles. The molecule has 5 atom stereocenters. The molecule has 4 heteroatoms. The van der Waals surface area contributed by atoms with E-state index in [0.29, 0.717) is 5.92 Å². The number of esters is 1. The van der Waals surface area contributed by atoms with Gasteiger partial charge in [-0.05, 0) is 56.5 Å². The molecule has 3 fully saturated rings. The Morgan fingerprint density at radius 1 is 1.27 bits per heavy atom. The monoisotopic (exact) mass is 360 g/mol. The second-order valence-electron chi connectivity index (χ2n) is 9.45. The van der Waals surface area contributed by atoms with Crippen molar-refractivity contribution in [3.63, 3.8) is 0 Å². The average Bonchev–Trinajstić information content (AvgIpc) is 2.92. The summed E-state index contributed by atoms with van der Waals surface area (Å²) in [5.41, 5.74) is 1.87. The van der Waals surface area contributed by atoms with E-state index in [2.05, 4.69) is 30.1 Å². The zero-order chi connectivity index (χ0) is 18.1. The molecule has 2 saturated heterocycles. The molecular formula is C22H36N2O2. The second kappa shape index (κ2) is 7.63. The molecule has 26 heavy (non-hydrogen) atoms. The zero-order valence-corrected chi connectivity index (χ0v) is 16.6. The van der Waals surface area contributed by atoms with Gasteiger partial charge in [-0.1, -0.05) is 38.3 Å². The number of carbonyl (C=O) groups is 1. The van der Waals surface area contributed by atoms with Gasteiger partial charge in [-0.25, -0.2) is 0 Å². The molecule has 4 rings (SSSR count). The third-order valence-corrected chi connectivity index (χ3v) is 7.50. The minimum absolute atomic E-state index is 0.00697. The summed E-state index contributed by atoms with van der Waals surface area (Å²) in [4.78, 5) is 15.1. The summed E-state index contributed by atoms with van der Waals surface area (Å²) < 4.78 is 5.84. The highest BCUT2D eigenvalue weighted by molar-refractivity contribution is 5.76. The number of likely N-dealkylation sites (tertiary alicyclic amines) is 1. The normalized spacial score (nSPS) is 40.5. The molecule has 0 aromatic heterocycles. The van der Waals surface area contributed by atoms with Gasteiger partial charge in [0, 0.05) is 25.6 Å². The number of carbonyl (C=O) groups excluding carboxylic acids is 1. The van der Waals surface area contributed by atoms with Gasteiger partial charge in [-0.2, -0.15) is 0 Å². The van der Waals surface area contributed by atoms with Gasteiger partial charge in [0.2, 0.25) is 0 Å². The Hall–Kier alpha value is -0.870. The van der Waals surface area contributed by atoms with Crippen LogP contribution in [-0.2, 0) is 9.53 Å². The van der Waals surface area contributed by atoms with Crippen molar-refractivity contribution >= 4 is 5.97 Å². The summed E-state index contributed by atoms with van der Waals surface area (Å²) in [6.45, 7) is 10.1. The van der Waals surface area contributed by atoms with Crippen LogP contribution in [0.4, 0.5) is 0 Å². The molecule has 0 spiro atoms. The Morgan fingerprint density at radius 2 is 2.08 bits per heavy atom. The van der Waals surface area contributed by atoms with Crippen LogP contribution in [0.3, 0.4) is 0 Å². The van der Waals surface area contributed by atoms with Crippen molar-refractivity contribution in [1.82, 2.24) is 10.2 Å². The molecular weight excluding hydrogens is 324 g/mol. The summed E-state index contributed by atoms with van der Waals surface area (Å²) in [7, 11) is 0. The van der Waals surface area contributed by atoms with Crippen LogP contribution in [0, 0.1) is 23.2 Å². The van der Waals surface area contributed by atoms with Crippen molar-refractivity contribution in [1.29, 1.82) is 0 Å². The van der Waals surface area contributed by atoms with Crippen molar-refractivity contribution in [2.24, 2.45) is 23.2 Å². The fourth-order valence-electron chi connectivity index (χ4n) is 5.96. The maximum absolute atomic E-state index is 12.5. The van der Waals surface area contributed by atoms with E-state index in [-0.39, 0.29) is 29.3 Å². The summed E-state index contributed by atoms with van der Waals surface area (Å²) >= 11 is 0. The number of fused-ring (bicyclic) bond motifs is 2. The first kappa shape index (κ1) is 18.5. The highest BCUT2D eigenvalue weighted by Gasteiger charge is 2.51. The van der Waals surface area contributed by atoms with Crippen molar-refractivity contribution in [2.45, 2.75) is 64.9 Å². The summed E-state index contributed by atoms with van der Waals surface area (Å²) in [6, 6.07) is 0. The highest BCUT2D eigenvalue weighted by Crippen LogP contribution is 2.53. The van der Waals surface area contributed by atoms with Crippen LogP contribution in [0.15, 0.2) is 11.6 Å². The van der Waals surface area contributed by atoms with E-state index >= 15 is 0 Å². The maximum Gasteiger partial charge on any atom is 0.311 e. The third-order valence-electron chi connectivity index (χ3n) is 7.50. The van der Waals surface area contributed by atoms with Crippen molar-refractivity contribution < 1.29 is 9.53 Å². The largest absolute Gasteiger partial charge is 0.461 e. The molecule has 2 aliphatic carbocycles. The smallest absolute Gasteiger partial charge is 0.311 e. The van der Waals surface area contributed by atoms with Crippen LogP contribution in [0.1, 0.15) is 58.8 Å². The Bertz CT molecular complexity index is 554. The van der Waals surface area contributed by atoms with Gasteiger partial charge in [0.15, 0.2) is 0 Å². The van der Waals surface area contributed by atoms with E-state index < -0.39 is 0 Å². The predicted molar refractivity (Wildman–Crippen MR) is 104 cm³/mol. The SMILES string of the molecule is C[C@H]1CCC[C@]2(C)C[C@H]3OC(=O)[C@H](CNCCN4CCCCC4)[C@H]3C=C12. The van der Waals surface area contributed by atoms with Crippen LogP contribution in [0.5, 0.6) is 0 Å². The van der Waals surface area contributed by atoms with E-state index in [1.165, 1.54) is 51.6 Å². The Morgan fingerprint density at radius 3 is 2.88 bits per heavy atom. The molecule has 0 radical (unpaired) electrons. The minimum Gasteiger partial charge on any atom is -0.461 e. The lowest BCUT2D eigenvalue weighted by atomic mass is 9.59. The average molecular weight is 361 g/mol. The van der Waals surface area contributed by atoms with Gasteiger partial charge in [-0.15, -0.1) is 0 Å². The Labute approximate surface area is 158 Å². The van der Waals surface area contributed by atoms with Gasteiger partial charge >= 0.3 is 5.97 Å². The number of ether oxygens (including phenoxy) is 1. The fraction of sp³-hybridized carbons (Fsp3) is 0.864. The quantitative estimate of drug-likeness (QED) is 0.464. The van der Waals surface area contributed by atoms with E-state index in [0.717, 1.165) is 26.1 Å². The van der Waals surface area contributed by atoms with Gasteiger partial charge in [0.1, 0.15) is 6.10 Å². The number of nitrogens with one attached hydrogen (secondary N) is 1. The van der Waals surface area contributed by atoms with E-state index in [9.17, 15) is 4.79 Å². The molecule has 4 nitrogen and oxygen atoms in total. The number of hydrogen-bond donors (Lipinski definition) is 1. The van der Waals surface area contributed by atoms with Gasteiger partial charge in [0.05, 0.1) is 5.92 Å². The van der Waals surface area contributed by atoms with Gasteiger partial charge in [-0.3, -0.25) is 4.79 Å². The molecule has 0 amide bonds. The predicted octanol–water partition coefficient (Wildman–Crippen LogP) is 3.38. The molecule has 0 aromatic rings. The fourth-order valence-corrected chi connectivity index (χ4v) is 5.96. The summed E-state index contributed by atoms with van der Waals surface area (Å²) in [5, 5.41) is 3.56. The highest BCUT2D eigenvalue weighted by atomic mass is 16.6. The van der Waals surface area contributed by atoms with Crippen LogP contribution in [-0.4, -0.2) is 49.7 Å². The van der Waals surface area contributed by atoms with Crippen LogP contribution in [0.2, 0.25) is 0 Å². The van der Waals surface area contributed by atoms with Gasteiger partial charge in [0.25, 0.3) is 0 Å². The lowest BCUT2D eigenvalue weighted by Gasteiger charge is -2.46. The lowest BCUT2D eigenvalue weighted by molar-refractivity contribution is -0.145. The molecule has 1 saturated carbocycles. The van der Waals surface area contributed by atoms with Crippen molar-refractivity contribution in [3.8, 4) is 0 Å². The van der Waals surface area contributed by atoms with Crippen LogP contribution < -0.4 is 5.32 Å². The first-order chi connectivity index (χ1) is 12.6. The standard InChI is InChI=1S/C22H36N2O2/c1-16-7-6-8-22(2)14-20-17(13-19(16)22)18(21(25)26-20)15-23-9-12-24-10-4-3-5-11-24/h13,16-18,20,23H,3-12,14-15H2,1-2H3/t16-,17+,18+,20+,22+/m0/s1. The van der Waals surface area contributed by atoms with E-state index in [1.807, 2.05) is 0 Å². The number of nitrogens with zero attached hydrogens (tertiary/aromatic N) is 1. The summed E-state index contributed by atoms with van der Waals surface area (Å²) in [5.74, 6) is 0.983. The first-order valence-electron chi connectivity index (χ1n) is 10.9. The Kier molecular flexibility index (Phi) is 5.43. The third kappa shape index (κ3) is 3.60. The molecule has 0 aromatic carbocycles. The number of rotatable bonds is 5. The van der Waals surface area contributed by atoms with Crippen molar-refractivity contribution in [3.05, 3.63) is 11.6 Å². The molecule has 146 valence electrons. The molecule has 0 unspecified atom stereocenters. The van der Waals surface area contributed by atoms with Crippen LogP contribution >= 0.6 is 0 Å². The van der Waals surface area contributed by atoms with E-state index in [1.54, 1.807) is 5.57 Å². The van der Waals surface area contributed by atoms with Crippen LogP contribution in [0.25, 0.3) is 0 Å².